The summed E-state index contributed by atoms with van der Waals surface area (Å²) in [6, 6.07) is 7.04. The van der Waals surface area contributed by atoms with Crippen LogP contribution in [0.15, 0.2) is 24.3 Å². The van der Waals surface area contributed by atoms with Crippen molar-refractivity contribution in [1.29, 1.82) is 0 Å². The van der Waals surface area contributed by atoms with Crippen molar-refractivity contribution in [3.63, 3.8) is 0 Å². The van der Waals surface area contributed by atoms with E-state index in [1.54, 1.807) is 12.1 Å². The summed E-state index contributed by atoms with van der Waals surface area (Å²) in [5.74, 6) is -1.37. The molecule has 0 bridgehead atoms. The number of hydrogen-bond donors (Lipinski definition) is 2. The van der Waals surface area contributed by atoms with Crippen LogP contribution in [0, 0.1) is 6.92 Å². The average molecular weight is 380 g/mol. The highest BCUT2D eigenvalue weighted by Gasteiger charge is 2.21. The quantitative estimate of drug-likeness (QED) is 0.736. The molecule has 2 aromatic rings. The normalized spacial score (nSPS) is 11.8. The Kier molecular flexibility index (Phi) is 6.96. The summed E-state index contributed by atoms with van der Waals surface area (Å²) in [4.78, 5) is 29.8. The molecule has 1 unspecified atom stereocenters. The first-order chi connectivity index (χ1) is 11.9. The van der Waals surface area contributed by atoms with Crippen molar-refractivity contribution in [3.05, 3.63) is 45.4 Å². The standard InChI is InChI=1S/C18H22ClN3O2S/c1-4-6-15(12-7-9-13(19)10-8-12)20-16(23)17(24)22-18-21-14(5-2)11(3)25-18/h7-10,15H,4-6H2,1-3H3,(H,20,23)(H,21,22,24). The molecule has 0 spiro atoms. The van der Waals surface area contributed by atoms with E-state index in [2.05, 4.69) is 15.6 Å². The van der Waals surface area contributed by atoms with Crippen LogP contribution in [0.4, 0.5) is 5.13 Å². The summed E-state index contributed by atoms with van der Waals surface area (Å²) >= 11 is 7.28. The van der Waals surface area contributed by atoms with E-state index < -0.39 is 11.8 Å². The Labute approximate surface area is 156 Å². The van der Waals surface area contributed by atoms with Crippen LogP contribution in [0.2, 0.25) is 5.02 Å². The van der Waals surface area contributed by atoms with Crippen molar-refractivity contribution in [2.75, 3.05) is 5.32 Å². The molecule has 2 N–H and O–H groups in total. The molecule has 25 heavy (non-hydrogen) atoms. The lowest BCUT2D eigenvalue weighted by Crippen LogP contribution is -2.37. The highest BCUT2D eigenvalue weighted by molar-refractivity contribution is 7.15. The molecule has 7 heteroatoms. The van der Waals surface area contributed by atoms with Gasteiger partial charge in [-0.15, -0.1) is 11.3 Å². The Morgan fingerprint density at radius 3 is 2.44 bits per heavy atom. The third kappa shape index (κ3) is 5.28. The predicted octanol–water partition coefficient (Wildman–Crippen LogP) is 4.26. The summed E-state index contributed by atoms with van der Waals surface area (Å²) in [5, 5.41) is 6.46. The second-order valence-electron chi connectivity index (χ2n) is 5.70. The zero-order valence-electron chi connectivity index (χ0n) is 14.6. The van der Waals surface area contributed by atoms with Crippen molar-refractivity contribution < 1.29 is 9.59 Å². The number of carbonyl (C=O) groups excluding carboxylic acids is 2. The van der Waals surface area contributed by atoms with Gasteiger partial charge in [-0.3, -0.25) is 14.9 Å². The van der Waals surface area contributed by atoms with Crippen molar-refractivity contribution in [1.82, 2.24) is 10.3 Å². The maximum atomic E-state index is 12.3. The maximum absolute atomic E-state index is 12.3. The Balaban J connectivity index is 2.03. The molecule has 0 fully saturated rings. The summed E-state index contributed by atoms with van der Waals surface area (Å²) in [7, 11) is 0. The lowest BCUT2D eigenvalue weighted by Gasteiger charge is -2.18. The molecular formula is C18H22ClN3O2S. The molecule has 2 rings (SSSR count). The molecule has 0 saturated heterocycles. The minimum absolute atomic E-state index is 0.232. The fraction of sp³-hybridized carbons (Fsp3) is 0.389. The van der Waals surface area contributed by atoms with Crippen molar-refractivity contribution >= 4 is 39.9 Å². The number of halogens is 1. The van der Waals surface area contributed by atoms with Gasteiger partial charge in [0.1, 0.15) is 0 Å². The molecular weight excluding hydrogens is 358 g/mol. The molecule has 1 heterocycles. The summed E-state index contributed by atoms with van der Waals surface area (Å²) < 4.78 is 0. The van der Waals surface area contributed by atoms with Crippen LogP contribution in [-0.4, -0.2) is 16.8 Å². The number of rotatable bonds is 6. The fourth-order valence-corrected chi connectivity index (χ4v) is 3.52. The second kappa shape index (κ2) is 8.97. The van der Waals surface area contributed by atoms with Gasteiger partial charge < -0.3 is 5.32 Å². The molecule has 1 aromatic heterocycles. The third-order valence-corrected chi connectivity index (χ3v) is 4.99. The summed E-state index contributed by atoms with van der Waals surface area (Å²) in [6.07, 6.45) is 2.40. The number of amides is 2. The monoisotopic (exact) mass is 379 g/mol. The van der Waals surface area contributed by atoms with Crippen LogP contribution in [0.3, 0.4) is 0 Å². The molecule has 0 aliphatic carbocycles. The van der Waals surface area contributed by atoms with E-state index >= 15 is 0 Å². The van der Waals surface area contributed by atoms with Gasteiger partial charge in [0.2, 0.25) is 0 Å². The smallest absolute Gasteiger partial charge is 0.315 e. The van der Waals surface area contributed by atoms with E-state index in [0.29, 0.717) is 10.2 Å². The van der Waals surface area contributed by atoms with E-state index in [0.717, 1.165) is 35.4 Å². The number of anilines is 1. The highest BCUT2D eigenvalue weighted by atomic mass is 35.5. The number of nitrogens with zero attached hydrogens (tertiary/aromatic N) is 1. The molecule has 0 radical (unpaired) electrons. The molecule has 0 aliphatic rings. The number of thiazole rings is 1. The topological polar surface area (TPSA) is 71.1 Å². The average Bonchev–Trinajstić information content (AvgIpc) is 2.94. The number of benzene rings is 1. The molecule has 2 amide bonds. The van der Waals surface area contributed by atoms with Gasteiger partial charge >= 0.3 is 11.8 Å². The largest absolute Gasteiger partial charge is 0.341 e. The van der Waals surface area contributed by atoms with E-state index in [4.69, 9.17) is 11.6 Å². The molecule has 134 valence electrons. The summed E-state index contributed by atoms with van der Waals surface area (Å²) in [5.41, 5.74) is 1.86. The number of nitrogens with one attached hydrogen (secondary N) is 2. The Bertz CT molecular complexity index is 743. The van der Waals surface area contributed by atoms with Gasteiger partial charge in [0, 0.05) is 9.90 Å². The van der Waals surface area contributed by atoms with Crippen LogP contribution in [0.25, 0.3) is 0 Å². The molecule has 1 aromatic carbocycles. The fourth-order valence-electron chi connectivity index (χ4n) is 2.49. The highest BCUT2D eigenvalue weighted by Crippen LogP contribution is 2.23. The van der Waals surface area contributed by atoms with Crippen molar-refractivity contribution in [2.45, 2.75) is 46.1 Å². The lowest BCUT2D eigenvalue weighted by molar-refractivity contribution is -0.136. The predicted molar refractivity (Wildman–Crippen MR) is 102 cm³/mol. The van der Waals surface area contributed by atoms with Gasteiger partial charge in [0.05, 0.1) is 11.7 Å². The third-order valence-electron chi connectivity index (χ3n) is 3.81. The van der Waals surface area contributed by atoms with E-state index in [1.807, 2.05) is 32.9 Å². The molecule has 5 nitrogen and oxygen atoms in total. The van der Waals surface area contributed by atoms with E-state index in [-0.39, 0.29) is 6.04 Å². The maximum Gasteiger partial charge on any atom is 0.315 e. The first kappa shape index (κ1) is 19.4. The lowest BCUT2D eigenvalue weighted by atomic mass is 10.0. The van der Waals surface area contributed by atoms with Crippen LogP contribution >= 0.6 is 22.9 Å². The molecule has 0 saturated carbocycles. The van der Waals surface area contributed by atoms with Crippen LogP contribution in [0.1, 0.15) is 48.9 Å². The first-order valence-electron chi connectivity index (χ1n) is 8.28. The van der Waals surface area contributed by atoms with Crippen LogP contribution < -0.4 is 10.6 Å². The summed E-state index contributed by atoms with van der Waals surface area (Å²) in [6.45, 7) is 5.98. The minimum Gasteiger partial charge on any atom is -0.341 e. The van der Waals surface area contributed by atoms with E-state index in [1.165, 1.54) is 11.3 Å². The van der Waals surface area contributed by atoms with Gasteiger partial charge in [-0.1, -0.05) is 44.0 Å². The van der Waals surface area contributed by atoms with Gasteiger partial charge in [-0.2, -0.15) is 0 Å². The Morgan fingerprint density at radius 2 is 1.88 bits per heavy atom. The molecule has 1 atom stereocenters. The molecule has 0 aliphatic heterocycles. The number of aryl methyl sites for hydroxylation is 2. The SMILES string of the molecule is CCCC(NC(=O)C(=O)Nc1nc(CC)c(C)s1)c1ccc(Cl)cc1. The van der Waals surface area contributed by atoms with Gasteiger partial charge in [0.25, 0.3) is 0 Å². The Morgan fingerprint density at radius 1 is 1.20 bits per heavy atom. The van der Waals surface area contributed by atoms with Crippen LogP contribution in [-0.2, 0) is 16.0 Å². The number of hydrogen-bond acceptors (Lipinski definition) is 4. The number of carbonyl (C=O) groups is 2. The number of aromatic nitrogens is 1. The van der Waals surface area contributed by atoms with Crippen molar-refractivity contribution in [3.8, 4) is 0 Å². The van der Waals surface area contributed by atoms with Gasteiger partial charge in [-0.25, -0.2) is 4.98 Å². The van der Waals surface area contributed by atoms with Crippen LogP contribution in [0.5, 0.6) is 0 Å². The zero-order chi connectivity index (χ0) is 18.4. The minimum atomic E-state index is -0.702. The zero-order valence-corrected chi connectivity index (χ0v) is 16.1. The van der Waals surface area contributed by atoms with E-state index in [9.17, 15) is 9.59 Å². The van der Waals surface area contributed by atoms with Gasteiger partial charge in [0.15, 0.2) is 5.13 Å². The second-order valence-corrected chi connectivity index (χ2v) is 7.34. The van der Waals surface area contributed by atoms with Crippen molar-refractivity contribution in [2.24, 2.45) is 0 Å². The van der Waals surface area contributed by atoms with Gasteiger partial charge in [-0.05, 0) is 37.5 Å². The Hall–Kier alpha value is -1.92. The first-order valence-corrected chi connectivity index (χ1v) is 9.47.